The average molecular weight is 879 g/mol. The van der Waals surface area contributed by atoms with Gasteiger partial charge in [0.15, 0.2) is 0 Å². The van der Waals surface area contributed by atoms with Crippen molar-refractivity contribution in [3.63, 3.8) is 0 Å². The summed E-state index contributed by atoms with van der Waals surface area (Å²) in [6, 6.07) is 0. The summed E-state index contributed by atoms with van der Waals surface area (Å²) in [5.74, 6) is -1.66. The van der Waals surface area contributed by atoms with Gasteiger partial charge in [-0.3, -0.25) is 4.79 Å². The molecule has 3 fully saturated rings. The number of ether oxygens (including phenoxy) is 2. The van der Waals surface area contributed by atoms with Gasteiger partial charge in [0.05, 0.1) is 18.8 Å². The van der Waals surface area contributed by atoms with Crippen LogP contribution in [0.25, 0.3) is 0 Å². The fraction of sp³-hybridized carbons (Fsp3) is 0.875. The van der Waals surface area contributed by atoms with Crippen molar-refractivity contribution in [1.82, 2.24) is 0 Å². The molecule has 4 rings (SSSR count). The minimum atomic E-state index is -1.58. The molecule has 6 nitrogen and oxygen atoms in total. The van der Waals surface area contributed by atoms with Gasteiger partial charge < -0.3 is 24.8 Å². The van der Waals surface area contributed by atoms with Crippen LogP contribution in [0.3, 0.4) is 0 Å². The maximum Gasteiger partial charge on any atom is 0.303 e. The number of allylic oxidation sites excluding steroid dienone is 1. The number of aliphatic hydroxyl groups is 3. The molecular weight excluding hydrogens is 838 g/mol. The molecule has 1 heterocycles. The molecule has 2 unspecified atom stereocenters. The van der Waals surface area contributed by atoms with Crippen LogP contribution in [-0.4, -0.2) is 57.4 Å². The van der Waals surface area contributed by atoms with Crippen molar-refractivity contribution in [2.24, 2.45) is 28.6 Å². The van der Waals surface area contributed by atoms with Gasteiger partial charge in [0, 0.05) is 119 Å². The van der Waals surface area contributed by atoms with E-state index in [1.807, 2.05) is 41.5 Å². The van der Waals surface area contributed by atoms with Gasteiger partial charge in [-0.1, -0.05) is 45.8 Å². The van der Waals surface area contributed by atoms with Crippen molar-refractivity contribution in [3.05, 3.63) is 11.1 Å². The first-order valence-corrected chi connectivity index (χ1v) is 11.2. The summed E-state index contributed by atoms with van der Waals surface area (Å²) in [6.45, 7) is 13.1. The molecule has 1 saturated heterocycles. The topological polar surface area (TPSA) is 96.2 Å². The SMILES string of the molecule is [3H]C1C[C@@]2(O)[C@@H](OC(C)=O)C3[C@](C)([C@H](O)[C@H](C)C(=C1C)C2(C)C)[C@@H](C)C[C@H]1OC[C@@]31O.[Ac].[Ac]. The Morgan fingerprint density at radius 2 is 1.81 bits per heavy atom. The number of aliphatic hydroxyl groups excluding tert-OH is 1. The van der Waals surface area contributed by atoms with Gasteiger partial charge in [0.25, 0.3) is 0 Å². The molecule has 0 amide bonds. The Labute approximate surface area is 265 Å². The first-order valence-electron chi connectivity index (χ1n) is 11.8. The van der Waals surface area contributed by atoms with Gasteiger partial charge in [0.2, 0.25) is 0 Å². The molecule has 2 radical (unpaired) electrons. The van der Waals surface area contributed by atoms with Crippen LogP contribution < -0.4 is 0 Å². The molecule has 2 bridgehead atoms. The second-order valence-electron chi connectivity index (χ2n) is 11.1. The molecule has 176 valence electrons. The fourth-order valence-electron chi connectivity index (χ4n) is 7.53. The molecule has 3 aliphatic carbocycles. The van der Waals surface area contributed by atoms with Crippen molar-refractivity contribution in [2.45, 2.75) is 97.2 Å². The van der Waals surface area contributed by atoms with Crippen LogP contribution in [0.15, 0.2) is 11.1 Å². The van der Waals surface area contributed by atoms with Gasteiger partial charge in [-0.2, -0.15) is 0 Å². The zero-order chi connectivity index (χ0) is 23.3. The van der Waals surface area contributed by atoms with Crippen LogP contribution in [0, 0.1) is 117 Å². The molecule has 4 aliphatic rings. The predicted octanol–water partition coefficient (Wildman–Crippen LogP) is 2.59. The standard InChI is InChI=1S/C24H38O6.2Ac/c1-12-8-9-24(28)20(30-15(4)25)18-22(7,13(2)10-16-23(18,27)11-29-16)19(26)14(3)17(12)21(24,5)6;;/h13-14,16,18-20,26-28H,8-11H2,1-7H3;;/t13-,14+,16+,18?,19+,20-,22+,23-,24+;;/m0../s1/i8T;;/t8?,13-,14+,16+,18?,19+,20-,22+,23-,24+;;. The van der Waals surface area contributed by atoms with E-state index in [1.165, 1.54) is 6.92 Å². The summed E-state index contributed by atoms with van der Waals surface area (Å²) >= 11 is 0. The smallest absolute Gasteiger partial charge is 0.303 e. The zero-order valence-electron chi connectivity index (χ0n) is 21.4. The third kappa shape index (κ3) is 3.86. The average Bonchev–Trinajstić information content (AvgIpc) is 2.66. The molecule has 32 heavy (non-hydrogen) atoms. The van der Waals surface area contributed by atoms with Crippen LogP contribution in [0.4, 0.5) is 0 Å². The summed E-state index contributed by atoms with van der Waals surface area (Å²) in [7, 11) is 0. The quantitative estimate of drug-likeness (QED) is 0.278. The van der Waals surface area contributed by atoms with E-state index in [0.29, 0.717) is 6.42 Å². The minimum absolute atomic E-state index is 0. The number of esters is 1. The first-order chi connectivity index (χ1) is 14.1. The molecule has 3 N–H and O–H groups in total. The van der Waals surface area contributed by atoms with E-state index in [2.05, 4.69) is 0 Å². The van der Waals surface area contributed by atoms with Crippen LogP contribution >= 0.6 is 0 Å². The van der Waals surface area contributed by atoms with Gasteiger partial charge in [-0.15, -0.1) is 0 Å². The summed E-state index contributed by atoms with van der Waals surface area (Å²) < 4.78 is 20.3. The van der Waals surface area contributed by atoms with Crippen LogP contribution in [0.2, 0.25) is 0 Å². The predicted molar refractivity (Wildman–Crippen MR) is 111 cm³/mol. The Kier molecular flexibility index (Phi) is 8.61. The normalized spacial score (nSPS) is 51.8. The van der Waals surface area contributed by atoms with Crippen molar-refractivity contribution >= 4 is 5.97 Å². The molecule has 0 aromatic heterocycles. The molecule has 0 aromatic rings. The van der Waals surface area contributed by atoms with Gasteiger partial charge in [0.1, 0.15) is 17.3 Å². The van der Waals surface area contributed by atoms with E-state index in [-0.39, 0.29) is 113 Å². The van der Waals surface area contributed by atoms with Crippen LogP contribution in [0.1, 0.15) is 69.1 Å². The van der Waals surface area contributed by atoms with Crippen LogP contribution in [0.5, 0.6) is 0 Å². The van der Waals surface area contributed by atoms with Crippen LogP contribution in [-0.2, 0) is 14.3 Å². The molecule has 0 aromatic carbocycles. The maximum absolute atomic E-state index is 12.4. The Balaban J connectivity index is 0.00000193. The van der Waals surface area contributed by atoms with E-state index in [9.17, 15) is 20.1 Å². The number of hydrogen-bond donors (Lipinski definition) is 3. The number of fused-ring (bicyclic) bond motifs is 5. The summed E-state index contributed by atoms with van der Waals surface area (Å²) in [5.41, 5.74) is -2.88. The monoisotopic (exact) mass is 878 g/mol. The second-order valence-corrected chi connectivity index (χ2v) is 11.1. The minimum Gasteiger partial charge on any atom is -0.459 e. The van der Waals surface area contributed by atoms with E-state index >= 15 is 0 Å². The van der Waals surface area contributed by atoms with Gasteiger partial charge >= 0.3 is 5.97 Å². The van der Waals surface area contributed by atoms with Crippen molar-refractivity contribution in [1.29, 1.82) is 0 Å². The number of carbonyl (C=O) groups excluding carboxylic acids is 1. The Morgan fingerprint density at radius 3 is 2.31 bits per heavy atom. The van der Waals surface area contributed by atoms with E-state index < -0.39 is 58.6 Å². The molecule has 2 saturated carbocycles. The molecule has 8 heteroatoms. The number of carbonyl (C=O) groups is 1. The fourth-order valence-corrected chi connectivity index (χ4v) is 7.53. The van der Waals surface area contributed by atoms with E-state index in [4.69, 9.17) is 10.8 Å². The van der Waals surface area contributed by atoms with Gasteiger partial charge in [-0.25, -0.2) is 0 Å². The summed E-state index contributed by atoms with van der Waals surface area (Å²) in [5, 5.41) is 36.0. The largest absolute Gasteiger partial charge is 0.459 e. The zero-order valence-corrected chi connectivity index (χ0v) is 29.9. The summed E-state index contributed by atoms with van der Waals surface area (Å²) in [4.78, 5) is 12.3. The first kappa shape index (κ1) is 28.5. The van der Waals surface area contributed by atoms with Gasteiger partial charge in [-0.05, 0) is 32.1 Å². The molecule has 10 atom stereocenters. The molecular formula is C24H38Ac2O6. The van der Waals surface area contributed by atoms with E-state index in [0.717, 1.165) is 11.1 Å². The Morgan fingerprint density at radius 1 is 1.22 bits per heavy atom. The Hall–Kier alpha value is 1.93. The maximum atomic E-state index is 12.4. The molecule has 0 spiro atoms. The summed E-state index contributed by atoms with van der Waals surface area (Å²) in [6.07, 6.45) is -2.37. The third-order valence-electron chi connectivity index (χ3n) is 9.44. The second kappa shape index (κ2) is 9.67. The Bertz CT molecular complexity index is 836. The van der Waals surface area contributed by atoms with Crippen molar-refractivity contribution < 1.29 is 119 Å². The van der Waals surface area contributed by atoms with Crippen molar-refractivity contribution in [3.8, 4) is 0 Å². The van der Waals surface area contributed by atoms with Crippen molar-refractivity contribution in [2.75, 3.05) is 6.61 Å². The van der Waals surface area contributed by atoms with E-state index in [1.54, 1.807) is 0 Å². The third-order valence-corrected chi connectivity index (χ3v) is 9.44. The molecule has 1 aliphatic heterocycles. The number of rotatable bonds is 1. The number of hydrogen-bond acceptors (Lipinski definition) is 6.